The standard InChI is InChI=1S/C19H21N5O3S/c1-13(2)17(24-22-18(21-23-24)14-7-5-4-6-8-14)19(25)20-15-9-11-16(12-10-15)28(3,26)27/h4-13,17H,1-3H3,(H,20,25). The summed E-state index contributed by atoms with van der Waals surface area (Å²) in [4.78, 5) is 14.3. The van der Waals surface area contributed by atoms with E-state index in [0.29, 0.717) is 11.5 Å². The van der Waals surface area contributed by atoms with E-state index >= 15 is 0 Å². The molecule has 1 atom stereocenters. The maximum absolute atomic E-state index is 12.8. The molecule has 0 bridgehead atoms. The molecule has 146 valence electrons. The number of sulfone groups is 1. The van der Waals surface area contributed by atoms with Crippen LogP contribution < -0.4 is 5.32 Å². The van der Waals surface area contributed by atoms with Crippen molar-refractivity contribution in [1.82, 2.24) is 20.2 Å². The first kappa shape index (κ1) is 19.7. The molecule has 1 aromatic heterocycles. The highest BCUT2D eigenvalue weighted by Crippen LogP contribution is 2.21. The van der Waals surface area contributed by atoms with Crippen molar-refractivity contribution in [2.24, 2.45) is 5.92 Å². The molecule has 0 spiro atoms. The minimum Gasteiger partial charge on any atom is -0.324 e. The van der Waals surface area contributed by atoms with Crippen LogP contribution in [0.3, 0.4) is 0 Å². The van der Waals surface area contributed by atoms with Crippen LogP contribution in [0.2, 0.25) is 0 Å². The highest BCUT2D eigenvalue weighted by molar-refractivity contribution is 7.90. The average Bonchev–Trinajstić information content (AvgIpc) is 3.11. The van der Waals surface area contributed by atoms with Gasteiger partial charge in [-0.15, -0.1) is 10.2 Å². The predicted octanol–water partition coefficient (Wildman–Crippen LogP) is 2.58. The summed E-state index contributed by atoms with van der Waals surface area (Å²) in [5.41, 5.74) is 1.31. The second kappa shape index (κ2) is 7.89. The largest absolute Gasteiger partial charge is 0.324 e. The molecule has 0 radical (unpaired) electrons. The highest BCUT2D eigenvalue weighted by Gasteiger charge is 2.27. The highest BCUT2D eigenvalue weighted by atomic mass is 32.2. The molecule has 0 saturated heterocycles. The Morgan fingerprint density at radius 1 is 1.04 bits per heavy atom. The monoisotopic (exact) mass is 399 g/mol. The number of nitrogens with zero attached hydrogens (tertiary/aromatic N) is 4. The zero-order valence-corrected chi connectivity index (χ0v) is 16.6. The molecular formula is C19H21N5O3S. The van der Waals surface area contributed by atoms with E-state index in [0.717, 1.165) is 11.8 Å². The number of anilines is 1. The SMILES string of the molecule is CC(C)C(C(=O)Nc1ccc(S(C)(=O)=O)cc1)n1nnc(-c2ccccc2)n1. The molecule has 3 aromatic rings. The molecule has 1 amide bonds. The smallest absolute Gasteiger partial charge is 0.251 e. The lowest BCUT2D eigenvalue weighted by atomic mass is 10.0. The molecule has 9 heteroatoms. The molecule has 1 heterocycles. The number of carbonyl (C=O) groups excluding carboxylic acids is 1. The summed E-state index contributed by atoms with van der Waals surface area (Å²) in [6.07, 6.45) is 1.14. The van der Waals surface area contributed by atoms with Crippen LogP contribution in [0.15, 0.2) is 59.5 Å². The first-order chi connectivity index (χ1) is 13.3. The molecule has 0 aliphatic heterocycles. The molecule has 1 unspecified atom stereocenters. The molecular weight excluding hydrogens is 378 g/mol. The topological polar surface area (TPSA) is 107 Å². The van der Waals surface area contributed by atoms with Crippen molar-refractivity contribution in [2.45, 2.75) is 24.8 Å². The van der Waals surface area contributed by atoms with Gasteiger partial charge in [-0.25, -0.2) is 8.42 Å². The van der Waals surface area contributed by atoms with Gasteiger partial charge in [0.1, 0.15) is 0 Å². The lowest BCUT2D eigenvalue weighted by molar-refractivity contribution is -0.121. The van der Waals surface area contributed by atoms with Gasteiger partial charge in [-0.05, 0) is 35.4 Å². The Morgan fingerprint density at radius 3 is 2.25 bits per heavy atom. The van der Waals surface area contributed by atoms with E-state index in [9.17, 15) is 13.2 Å². The van der Waals surface area contributed by atoms with Gasteiger partial charge in [0.2, 0.25) is 5.82 Å². The number of carbonyl (C=O) groups is 1. The molecule has 0 saturated carbocycles. The van der Waals surface area contributed by atoms with Crippen molar-refractivity contribution in [3.05, 3.63) is 54.6 Å². The van der Waals surface area contributed by atoms with Crippen LogP contribution in [0.4, 0.5) is 5.69 Å². The van der Waals surface area contributed by atoms with Gasteiger partial charge < -0.3 is 5.32 Å². The Labute approximate surface area is 163 Å². The van der Waals surface area contributed by atoms with Gasteiger partial charge in [0.05, 0.1) is 4.90 Å². The van der Waals surface area contributed by atoms with E-state index in [1.54, 1.807) is 12.1 Å². The number of hydrogen-bond donors (Lipinski definition) is 1. The fourth-order valence-electron chi connectivity index (χ4n) is 2.72. The number of rotatable bonds is 6. The second-order valence-corrected chi connectivity index (χ2v) is 8.79. The van der Waals surface area contributed by atoms with Crippen LogP contribution in [-0.4, -0.2) is 40.8 Å². The van der Waals surface area contributed by atoms with Gasteiger partial charge in [0, 0.05) is 17.5 Å². The third-order valence-corrected chi connectivity index (χ3v) is 5.29. The van der Waals surface area contributed by atoms with Crippen LogP contribution >= 0.6 is 0 Å². The van der Waals surface area contributed by atoms with Crippen molar-refractivity contribution in [2.75, 3.05) is 11.6 Å². The first-order valence-electron chi connectivity index (χ1n) is 8.71. The van der Waals surface area contributed by atoms with Crippen molar-refractivity contribution in [1.29, 1.82) is 0 Å². The Morgan fingerprint density at radius 2 is 1.68 bits per heavy atom. The minimum absolute atomic E-state index is 0.0897. The normalized spacial score (nSPS) is 12.7. The van der Waals surface area contributed by atoms with Gasteiger partial charge >= 0.3 is 0 Å². The van der Waals surface area contributed by atoms with Gasteiger partial charge in [0.15, 0.2) is 15.9 Å². The quantitative estimate of drug-likeness (QED) is 0.683. The summed E-state index contributed by atoms with van der Waals surface area (Å²) in [6, 6.07) is 14.7. The number of benzene rings is 2. The summed E-state index contributed by atoms with van der Waals surface area (Å²) >= 11 is 0. The van der Waals surface area contributed by atoms with E-state index in [1.807, 2.05) is 44.2 Å². The van der Waals surface area contributed by atoms with E-state index in [2.05, 4.69) is 20.7 Å². The second-order valence-electron chi connectivity index (χ2n) is 6.77. The summed E-state index contributed by atoms with van der Waals surface area (Å²) < 4.78 is 23.1. The van der Waals surface area contributed by atoms with E-state index in [4.69, 9.17) is 0 Å². The van der Waals surface area contributed by atoms with Crippen LogP contribution in [-0.2, 0) is 14.6 Å². The molecule has 0 fully saturated rings. The van der Waals surface area contributed by atoms with Crippen LogP contribution in [0.25, 0.3) is 11.4 Å². The van der Waals surface area contributed by atoms with Gasteiger partial charge in [-0.1, -0.05) is 44.2 Å². The average molecular weight is 399 g/mol. The number of amides is 1. The maximum Gasteiger partial charge on any atom is 0.251 e. The maximum atomic E-state index is 12.8. The fraction of sp³-hybridized carbons (Fsp3) is 0.263. The zero-order valence-electron chi connectivity index (χ0n) is 15.8. The zero-order chi connectivity index (χ0) is 20.3. The van der Waals surface area contributed by atoms with Crippen molar-refractivity contribution in [3.8, 4) is 11.4 Å². The summed E-state index contributed by atoms with van der Waals surface area (Å²) in [5.74, 6) is 0.0452. The van der Waals surface area contributed by atoms with Gasteiger partial charge in [-0.3, -0.25) is 4.79 Å². The Hall–Kier alpha value is -3.07. The van der Waals surface area contributed by atoms with Crippen LogP contribution in [0.5, 0.6) is 0 Å². The number of tetrazole rings is 1. The van der Waals surface area contributed by atoms with E-state index < -0.39 is 15.9 Å². The van der Waals surface area contributed by atoms with Crippen molar-refractivity contribution >= 4 is 21.4 Å². The first-order valence-corrected chi connectivity index (χ1v) is 10.6. The fourth-order valence-corrected chi connectivity index (χ4v) is 3.35. The molecule has 3 rings (SSSR count). The molecule has 1 N–H and O–H groups in total. The summed E-state index contributed by atoms with van der Waals surface area (Å²) in [6.45, 7) is 3.78. The summed E-state index contributed by atoms with van der Waals surface area (Å²) in [7, 11) is -3.29. The molecule has 0 aliphatic carbocycles. The van der Waals surface area contributed by atoms with Crippen molar-refractivity contribution in [3.63, 3.8) is 0 Å². The Balaban J connectivity index is 1.81. The third-order valence-electron chi connectivity index (χ3n) is 4.16. The Bertz CT molecular complexity index is 1060. The van der Waals surface area contributed by atoms with Gasteiger partial charge in [-0.2, -0.15) is 4.80 Å². The molecule has 0 aliphatic rings. The lowest BCUT2D eigenvalue weighted by Crippen LogP contribution is -2.31. The van der Waals surface area contributed by atoms with Crippen LogP contribution in [0, 0.1) is 5.92 Å². The summed E-state index contributed by atoms with van der Waals surface area (Å²) in [5, 5.41) is 15.3. The van der Waals surface area contributed by atoms with Crippen molar-refractivity contribution < 1.29 is 13.2 Å². The third kappa shape index (κ3) is 4.42. The molecule has 28 heavy (non-hydrogen) atoms. The van der Waals surface area contributed by atoms with E-state index in [-0.39, 0.29) is 16.7 Å². The minimum atomic E-state index is -3.29. The van der Waals surface area contributed by atoms with Gasteiger partial charge in [0.25, 0.3) is 5.91 Å². The molecule has 8 nitrogen and oxygen atoms in total. The number of nitrogens with one attached hydrogen (secondary N) is 1. The molecule has 2 aromatic carbocycles. The number of hydrogen-bond acceptors (Lipinski definition) is 6. The predicted molar refractivity (Wildman–Crippen MR) is 105 cm³/mol. The number of aromatic nitrogens is 4. The van der Waals surface area contributed by atoms with E-state index in [1.165, 1.54) is 16.9 Å². The van der Waals surface area contributed by atoms with Crippen LogP contribution in [0.1, 0.15) is 19.9 Å². The lowest BCUT2D eigenvalue weighted by Gasteiger charge is -2.18. The Kier molecular flexibility index (Phi) is 5.55.